The number of rotatable bonds is 10. The minimum atomic E-state index is 0.671. The molecule has 0 saturated carbocycles. The highest BCUT2D eigenvalue weighted by molar-refractivity contribution is 5.84. The van der Waals surface area contributed by atoms with Gasteiger partial charge in [-0.3, -0.25) is 0 Å². The van der Waals surface area contributed by atoms with E-state index in [4.69, 9.17) is 12.2 Å². The Morgan fingerprint density at radius 3 is 2.19 bits per heavy atom. The van der Waals surface area contributed by atoms with E-state index in [1.54, 1.807) is 6.08 Å². The van der Waals surface area contributed by atoms with Crippen LogP contribution in [0.4, 0.5) is 0 Å². The van der Waals surface area contributed by atoms with E-state index in [2.05, 4.69) is 105 Å². The van der Waals surface area contributed by atoms with E-state index in [9.17, 15) is 0 Å². The fraction of sp³-hybridized carbons (Fsp3) is 0.0732. The summed E-state index contributed by atoms with van der Waals surface area (Å²) >= 11 is 0. The summed E-state index contributed by atoms with van der Waals surface area (Å²) in [6.07, 6.45) is 21.0. The molecule has 1 aromatic heterocycles. The molecular weight excluding hydrogens is 520 g/mol. The highest BCUT2D eigenvalue weighted by Gasteiger charge is 2.21. The zero-order chi connectivity index (χ0) is 30.9. The first-order chi connectivity index (χ1) is 20.9. The lowest BCUT2D eigenvalue weighted by Gasteiger charge is -2.17. The number of aromatic nitrogens is 1. The normalized spacial score (nSPS) is 12.3. The van der Waals surface area contributed by atoms with Gasteiger partial charge in [0, 0.05) is 28.6 Å². The summed E-state index contributed by atoms with van der Waals surface area (Å²) in [4.78, 5) is 0. The second kappa shape index (κ2) is 13.9. The van der Waals surface area contributed by atoms with Crippen LogP contribution in [0.2, 0.25) is 0 Å². The lowest BCUT2D eigenvalue weighted by molar-refractivity contribution is 1.06. The Morgan fingerprint density at radius 2 is 1.60 bits per heavy atom. The fourth-order valence-electron chi connectivity index (χ4n) is 5.32. The van der Waals surface area contributed by atoms with Gasteiger partial charge in [-0.2, -0.15) is 0 Å². The molecule has 2 heteroatoms. The molecule has 3 aromatic carbocycles. The summed E-state index contributed by atoms with van der Waals surface area (Å²) in [7, 11) is 0. The van der Waals surface area contributed by atoms with E-state index in [0.29, 0.717) is 11.1 Å². The monoisotopic (exact) mass is 558 g/mol. The van der Waals surface area contributed by atoms with Crippen molar-refractivity contribution >= 4 is 17.7 Å². The molecule has 2 nitrogen and oxygen atoms in total. The van der Waals surface area contributed by atoms with E-state index < -0.39 is 0 Å². The van der Waals surface area contributed by atoms with E-state index >= 15 is 0 Å². The Labute approximate surface area is 256 Å². The molecule has 0 amide bonds. The predicted molar refractivity (Wildman–Crippen MR) is 188 cm³/mol. The van der Waals surface area contributed by atoms with Crippen LogP contribution >= 0.6 is 0 Å². The van der Waals surface area contributed by atoms with Gasteiger partial charge in [0.15, 0.2) is 0 Å². The second-order valence-corrected chi connectivity index (χ2v) is 10.1. The van der Waals surface area contributed by atoms with Crippen molar-refractivity contribution in [2.45, 2.75) is 20.8 Å². The molecule has 0 aliphatic carbocycles. The van der Waals surface area contributed by atoms with Gasteiger partial charge in [0.2, 0.25) is 0 Å². The van der Waals surface area contributed by atoms with Gasteiger partial charge in [-0.1, -0.05) is 117 Å². The quantitative estimate of drug-likeness (QED) is 0.152. The Balaban J connectivity index is 1.92. The Kier molecular flexibility index (Phi) is 9.84. The van der Waals surface area contributed by atoms with Crippen LogP contribution in [0, 0.1) is 26.2 Å². The molecule has 1 heterocycles. The summed E-state index contributed by atoms with van der Waals surface area (Å²) in [5, 5.41) is 0. The van der Waals surface area contributed by atoms with Crippen LogP contribution in [0.25, 0.3) is 45.8 Å². The third-order valence-electron chi connectivity index (χ3n) is 7.65. The van der Waals surface area contributed by atoms with E-state index in [1.807, 2.05) is 55.5 Å². The number of terminal acetylenes is 1. The SMILES string of the molecule is C#CC(=C\c1c(C)c(C)c(-c2ccc(-c3ccc(C(/C=C\C)=C/C=C)cc3)cc2C=C)n1-c1ccccc1)/C(C=C)=C/N. The molecule has 0 unspecified atom stereocenters. The largest absolute Gasteiger partial charge is 0.404 e. The van der Waals surface area contributed by atoms with E-state index in [1.165, 1.54) is 6.20 Å². The highest BCUT2D eigenvalue weighted by Crippen LogP contribution is 2.39. The van der Waals surface area contributed by atoms with Gasteiger partial charge >= 0.3 is 0 Å². The van der Waals surface area contributed by atoms with Crippen molar-refractivity contribution in [2.24, 2.45) is 5.73 Å². The number of benzene rings is 3. The maximum absolute atomic E-state index is 5.95. The average Bonchev–Trinajstić information content (AvgIpc) is 3.29. The standard InChI is InChI=1S/C41H38N2/c1-8-16-34(17-9-2)35-20-22-36(23-21-35)37-24-25-39(32(11-4)26-37)41-30(7)29(6)40(27-31(10-3)33(12-5)28-42)43(41)38-18-14-13-15-19-38/h3,8-9,11-28H,1,4-5,42H2,2,6-7H3/b17-9-,31-27+,33-28+,34-16+. The summed E-state index contributed by atoms with van der Waals surface area (Å²) in [5.41, 5.74) is 19.3. The van der Waals surface area contributed by atoms with Crippen molar-refractivity contribution in [1.29, 1.82) is 0 Å². The van der Waals surface area contributed by atoms with E-state index in [-0.39, 0.29) is 0 Å². The van der Waals surface area contributed by atoms with Crippen LogP contribution in [0.5, 0.6) is 0 Å². The van der Waals surface area contributed by atoms with Crippen LogP contribution < -0.4 is 5.73 Å². The minimum Gasteiger partial charge on any atom is -0.404 e. The van der Waals surface area contributed by atoms with Gasteiger partial charge in [0.25, 0.3) is 0 Å². The third kappa shape index (κ3) is 6.22. The van der Waals surface area contributed by atoms with Crippen molar-refractivity contribution in [1.82, 2.24) is 4.57 Å². The molecule has 212 valence electrons. The summed E-state index contributed by atoms with van der Waals surface area (Å²) < 4.78 is 2.27. The van der Waals surface area contributed by atoms with Crippen molar-refractivity contribution in [2.75, 3.05) is 0 Å². The molecule has 2 N–H and O–H groups in total. The van der Waals surface area contributed by atoms with Gasteiger partial charge in [0.1, 0.15) is 0 Å². The average molecular weight is 559 g/mol. The molecule has 0 atom stereocenters. The first-order valence-electron chi connectivity index (χ1n) is 14.3. The Morgan fingerprint density at radius 1 is 0.907 bits per heavy atom. The van der Waals surface area contributed by atoms with Crippen molar-refractivity contribution in [3.63, 3.8) is 0 Å². The second-order valence-electron chi connectivity index (χ2n) is 10.1. The topological polar surface area (TPSA) is 30.9 Å². The van der Waals surface area contributed by atoms with Crippen molar-refractivity contribution in [3.8, 4) is 40.4 Å². The maximum atomic E-state index is 5.95. The lowest BCUT2D eigenvalue weighted by Crippen LogP contribution is -2.02. The van der Waals surface area contributed by atoms with Crippen LogP contribution in [-0.2, 0) is 0 Å². The molecule has 43 heavy (non-hydrogen) atoms. The molecule has 0 aliphatic heterocycles. The van der Waals surface area contributed by atoms with E-state index in [0.717, 1.165) is 61.6 Å². The number of para-hydroxylation sites is 1. The minimum absolute atomic E-state index is 0.671. The zero-order valence-corrected chi connectivity index (χ0v) is 25.3. The highest BCUT2D eigenvalue weighted by atomic mass is 15.0. The smallest absolute Gasteiger partial charge is 0.0572 e. The number of allylic oxidation sites excluding steroid dienone is 8. The summed E-state index contributed by atoms with van der Waals surface area (Å²) in [6.45, 7) is 18.2. The number of nitrogens with two attached hydrogens (primary N) is 1. The molecule has 0 spiro atoms. The Hall–Kier alpha value is -5.52. The molecule has 0 saturated heterocycles. The summed E-state index contributed by atoms with van der Waals surface area (Å²) in [6, 6.07) is 25.5. The first-order valence-corrected chi connectivity index (χ1v) is 14.3. The van der Waals surface area contributed by atoms with Crippen LogP contribution in [0.1, 0.15) is 34.9 Å². The Bertz CT molecular complexity index is 1830. The van der Waals surface area contributed by atoms with Gasteiger partial charge < -0.3 is 10.3 Å². The molecule has 4 aromatic rings. The lowest BCUT2D eigenvalue weighted by atomic mass is 9.94. The van der Waals surface area contributed by atoms with Crippen LogP contribution in [0.3, 0.4) is 0 Å². The van der Waals surface area contributed by atoms with Crippen LogP contribution in [-0.4, -0.2) is 4.57 Å². The number of hydrogen-bond donors (Lipinski definition) is 1. The van der Waals surface area contributed by atoms with Gasteiger partial charge in [0.05, 0.1) is 11.4 Å². The summed E-state index contributed by atoms with van der Waals surface area (Å²) in [5.74, 6) is 2.80. The van der Waals surface area contributed by atoms with Crippen molar-refractivity contribution in [3.05, 3.63) is 168 Å². The predicted octanol–water partition coefficient (Wildman–Crippen LogP) is 10.3. The van der Waals surface area contributed by atoms with Gasteiger partial charge in [-0.05, 0) is 84.0 Å². The third-order valence-corrected chi connectivity index (χ3v) is 7.65. The molecule has 0 radical (unpaired) electrons. The molecule has 4 rings (SSSR count). The molecule has 0 aliphatic rings. The van der Waals surface area contributed by atoms with Gasteiger partial charge in [-0.25, -0.2) is 0 Å². The zero-order valence-electron chi connectivity index (χ0n) is 25.3. The molecule has 0 bridgehead atoms. The first kappa shape index (κ1) is 30.4. The number of hydrogen-bond acceptors (Lipinski definition) is 1. The van der Waals surface area contributed by atoms with Crippen LogP contribution in [0.15, 0.2) is 140 Å². The fourth-order valence-corrected chi connectivity index (χ4v) is 5.32. The van der Waals surface area contributed by atoms with Crippen molar-refractivity contribution < 1.29 is 0 Å². The molecular formula is C41H38N2. The van der Waals surface area contributed by atoms with Gasteiger partial charge in [-0.15, -0.1) is 6.42 Å². The molecule has 0 fully saturated rings. The maximum Gasteiger partial charge on any atom is 0.0572 e. The number of nitrogens with zero attached hydrogens (tertiary/aromatic N) is 1.